The van der Waals surface area contributed by atoms with E-state index in [9.17, 15) is 14.7 Å². The Morgan fingerprint density at radius 3 is 2.00 bits per heavy atom. The molecule has 2 N–H and O–H groups in total. The first kappa shape index (κ1) is 8.09. The number of hydrogen-bond donors (Lipinski definition) is 2. The quantitative estimate of drug-likeness (QED) is 0.699. The van der Waals surface area contributed by atoms with Crippen LogP contribution in [0.3, 0.4) is 0 Å². The van der Waals surface area contributed by atoms with Gasteiger partial charge < -0.3 is 10.4 Å². The van der Waals surface area contributed by atoms with E-state index in [2.05, 4.69) is 5.32 Å². The van der Waals surface area contributed by atoms with E-state index >= 15 is 0 Å². The van der Waals surface area contributed by atoms with Crippen molar-refractivity contribution >= 4 is 11.9 Å². The van der Waals surface area contributed by atoms with Crippen LogP contribution in [0, 0.1) is 46.8 Å². The van der Waals surface area contributed by atoms with Crippen molar-refractivity contribution in [1.82, 2.24) is 5.32 Å². The number of carbonyl (C=O) groups is 2. The molecule has 0 heterocycles. The Balaban J connectivity index is 1.52. The second-order valence-electron chi connectivity index (χ2n) is 6.36. The molecule has 0 saturated heterocycles. The standard InChI is InChI=1S/C12H13NO3/c1-2(14)13-10(11(15)16)12-7-4-3-5(7)9(12)6(3)8(4)12/h3-10H,1H3,(H,13,14)(H,15,16)/t3?,4?,5?,6?,7?,8?,9?,10-,12?/m0/s1. The average molecular weight is 219 g/mol. The van der Waals surface area contributed by atoms with E-state index in [0.29, 0.717) is 17.8 Å². The zero-order valence-electron chi connectivity index (χ0n) is 8.88. The van der Waals surface area contributed by atoms with Gasteiger partial charge in [-0.2, -0.15) is 0 Å². The van der Waals surface area contributed by atoms with Gasteiger partial charge in [0, 0.05) is 12.3 Å². The van der Waals surface area contributed by atoms with E-state index in [1.807, 2.05) is 0 Å². The third-order valence-corrected chi connectivity index (χ3v) is 6.65. The molecule has 16 heavy (non-hydrogen) atoms. The van der Waals surface area contributed by atoms with Gasteiger partial charge >= 0.3 is 5.97 Å². The number of carbonyl (C=O) groups excluding carboxylic acids is 1. The number of carboxylic acid groups (broad SMARTS) is 1. The Morgan fingerprint density at radius 2 is 1.62 bits per heavy atom. The van der Waals surface area contributed by atoms with E-state index in [0.717, 1.165) is 23.7 Å². The van der Waals surface area contributed by atoms with Crippen LogP contribution in [0.2, 0.25) is 0 Å². The first-order valence-electron chi connectivity index (χ1n) is 6.11. The molecule has 6 rings (SSSR count). The van der Waals surface area contributed by atoms with Crippen molar-refractivity contribution < 1.29 is 14.7 Å². The molecule has 0 aromatic heterocycles. The Labute approximate surface area is 92.4 Å². The van der Waals surface area contributed by atoms with Crippen molar-refractivity contribution in [1.29, 1.82) is 0 Å². The molecule has 0 radical (unpaired) electrons. The first-order chi connectivity index (χ1) is 7.61. The molecular weight excluding hydrogens is 206 g/mol. The number of nitrogens with one attached hydrogen (secondary N) is 1. The molecule has 4 heteroatoms. The molecule has 0 spiro atoms. The molecule has 4 nitrogen and oxygen atoms in total. The minimum absolute atomic E-state index is 0.00620. The van der Waals surface area contributed by atoms with E-state index in [1.54, 1.807) is 0 Å². The fourth-order valence-corrected chi connectivity index (χ4v) is 6.70. The molecule has 6 aliphatic carbocycles. The molecule has 0 bridgehead atoms. The topological polar surface area (TPSA) is 66.4 Å². The van der Waals surface area contributed by atoms with Crippen molar-refractivity contribution in [3.63, 3.8) is 0 Å². The summed E-state index contributed by atoms with van der Waals surface area (Å²) < 4.78 is 0. The van der Waals surface area contributed by atoms with Crippen molar-refractivity contribution in [2.24, 2.45) is 46.8 Å². The molecular formula is C12H13NO3. The maximum absolute atomic E-state index is 11.3. The van der Waals surface area contributed by atoms with Gasteiger partial charge in [-0.15, -0.1) is 0 Å². The van der Waals surface area contributed by atoms with Gasteiger partial charge in [-0.1, -0.05) is 0 Å². The highest BCUT2D eigenvalue weighted by Crippen LogP contribution is 3.06. The van der Waals surface area contributed by atoms with E-state index in [1.165, 1.54) is 6.92 Å². The third kappa shape index (κ3) is 0.412. The molecule has 6 aliphatic rings. The van der Waals surface area contributed by atoms with Crippen LogP contribution < -0.4 is 5.32 Å². The molecule has 1 amide bonds. The minimum Gasteiger partial charge on any atom is -0.480 e. The van der Waals surface area contributed by atoms with Crippen LogP contribution in [0.1, 0.15) is 6.92 Å². The summed E-state index contributed by atoms with van der Waals surface area (Å²) in [5, 5.41) is 12.0. The highest BCUT2D eigenvalue weighted by molar-refractivity contribution is 5.84. The second kappa shape index (κ2) is 1.81. The zero-order valence-corrected chi connectivity index (χ0v) is 8.88. The summed E-state index contributed by atoms with van der Waals surface area (Å²) in [5.74, 6) is 4.49. The largest absolute Gasteiger partial charge is 0.480 e. The lowest BCUT2D eigenvalue weighted by molar-refractivity contribution is -0.617. The fourth-order valence-electron chi connectivity index (χ4n) is 6.70. The van der Waals surface area contributed by atoms with Crippen LogP contribution in [0.5, 0.6) is 0 Å². The SMILES string of the molecule is CC(=O)N[C@@H](C(=O)O)C12C3C4C5C3C1C5C42. The van der Waals surface area contributed by atoms with Crippen molar-refractivity contribution in [3.8, 4) is 0 Å². The molecule has 0 aromatic carbocycles. The summed E-state index contributed by atoms with van der Waals surface area (Å²) in [7, 11) is 0. The van der Waals surface area contributed by atoms with E-state index < -0.39 is 12.0 Å². The van der Waals surface area contributed by atoms with Gasteiger partial charge in [0.2, 0.25) is 5.91 Å². The summed E-state index contributed by atoms with van der Waals surface area (Å²) in [6, 6.07) is -0.602. The molecule has 1 atom stereocenters. The normalized spacial score (nSPS) is 65.9. The van der Waals surface area contributed by atoms with Crippen LogP contribution in [0.15, 0.2) is 0 Å². The van der Waals surface area contributed by atoms with Gasteiger partial charge in [-0.25, -0.2) is 4.79 Å². The fraction of sp³-hybridized carbons (Fsp3) is 0.833. The number of amides is 1. The van der Waals surface area contributed by atoms with Gasteiger partial charge in [0.1, 0.15) is 6.04 Å². The second-order valence-corrected chi connectivity index (χ2v) is 6.36. The molecule has 84 valence electrons. The summed E-state index contributed by atoms with van der Waals surface area (Å²) >= 11 is 0. The lowest BCUT2D eigenvalue weighted by Gasteiger charge is -3.08. The van der Waals surface area contributed by atoms with Crippen LogP contribution in [0.4, 0.5) is 0 Å². The summed E-state index contributed by atoms with van der Waals surface area (Å²) in [4.78, 5) is 22.5. The number of rotatable bonds is 3. The maximum Gasteiger partial charge on any atom is 0.326 e. The van der Waals surface area contributed by atoms with Crippen LogP contribution in [-0.4, -0.2) is 23.0 Å². The Kier molecular flexibility index (Phi) is 0.914. The first-order valence-corrected chi connectivity index (χ1v) is 6.11. The molecule has 0 aliphatic heterocycles. The number of hydrogen-bond acceptors (Lipinski definition) is 2. The summed E-state index contributed by atoms with van der Waals surface area (Å²) in [6.45, 7) is 1.41. The maximum atomic E-state index is 11.3. The van der Waals surface area contributed by atoms with Gasteiger partial charge in [-0.3, -0.25) is 4.79 Å². The van der Waals surface area contributed by atoms with Crippen LogP contribution in [-0.2, 0) is 9.59 Å². The van der Waals surface area contributed by atoms with Gasteiger partial charge in [0.15, 0.2) is 0 Å². The van der Waals surface area contributed by atoms with E-state index in [4.69, 9.17) is 0 Å². The van der Waals surface area contributed by atoms with Crippen molar-refractivity contribution in [2.45, 2.75) is 13.0 Å². The van der Waals surface area contributed by atoms with Gasteiger partial charge in [0.05, 0.1) is 0 Å². The summed E-state index contributed by atoms with van der Waals surface area (Å²) in [5.41, 5.74) is 0.00620. The third-order valence-electron chi connectivity index (χ3n) is 6.65. The number of aliphatic carboxylic acids is 1. The molecule has 6 fully saturated rings. The summed E-state index contributed by atoms with van der Waals surface area (Å²) in [6.07, 6.45) is 0. The monoisotopic (exact) mass is 219 g/mol. The van der Waals surface area contributed by atoms with Gasteiger partial charge in [-0.05, 0) is 41.4 Å². The smallest absolute Gasteiger partial charge is 0.326 e. The number of carboxylic acids is 1. The highest BCUT2D eigenvalue weighted by atomic mass is 16.4. The van der Waals surface area contributed by atoms with E-state index in [-0.39, 0.29) is 11.3 Å². The van der Waals surface area contributed by atoms with Crippen molar-refractivity contribution in [2.75, 3.05) is 0 Å². The zero-order chi connectivity index (χ0) is 11.0. The minimum atomic E-state index is -0.828. The predicted molar refractivity (Wildman–Crippen MR) is 52.1 cm³/mol. The molecule has 0 unspecified atom stereocenters. The lowest BCUT2D eigenvalue weighted by atomic mass is 8.96. The molecule has 0 aromatic rings. The van der Waals surface area contributed by atoms with Crippen LogP contribution in [0.25, 0.3) is 0 Å². The molecule has 6 saturated carbocycles. The predicted octanol–water partition coefficient (Wildman–Crippen LogP) is -0.0565. The Morgan fingerprint density at radius 1 is 1.12 bits per heavy atom. The van der Waals surface area contributed by atoms with Crippen molar-refractivity contribution in [3.05, 3.63) is 0 Å². The Bertz CT molecular complexity index is 420. The van der Waals surface area contributed by atoms with Gasteiger partial charge in [0.25, 0.3) is 0 Å². The lowest BCUT2D eigenvalue weighted by Crippen LogP contribution is -3.08. The van der Waals surface area contributed by atoms with Crippen LogP contribution >= 0.6 is 0 Å². The average Bonchev–Trinajstić information content (AvgIpc) is 2.25. The highest BCUT2D eigenvalue weighted by Gasteiger charge is 3.05. The Hall–Kier alpha value is -1.06.